The van der Waals surface area contributed by atoms with E-state index >= 15 is 0 Å². The van der Waals surface area contributed by atoms with Crippen molar-refractivity contribution in [3.63, 3.8) is 0 Å². The quantitative estimate of drug-likeness (QED) is 0.244. The normalized spacial score (nSPS) is 10.2. The fraction of sp³-hybridized carbons (Fsp3) is 0.143. The average molecular weight is 392 g/mol. The predicted molar refractivity (Wildman–Crippen MR) is 107 cm³/mol. The lowest BCUT2D eigenvalue weighted by molar-refractivity contribution is 0.0601. The lowest BCUT2D eigenvalue weighted by Gasteiger charge is -2.13. The van der Waals surface area contributed by atoms with Crippen molar-refractivity contribution in [3.05, 3.63) is 75.9 Å². The molecule has 0 fully saturated rings. The van der Waals surface area contributed by atoms with E-state index in [9.17, 15) is 9.18 Å². The molecule has 3 aromatic rings. The van der Waals surface area contributed by atoms with Crippen LogP contribution >= 0.6 is 0 Å². The van der Waals surface area contributed by atoms with Crippen molar-refractivity contribution in [1.82, 2.24) is 4.98 Å². The van der Waals surface area contributed by atoms with Crippen molar-refractivity contribution in [3.8, 4) is 28.3 Å². The van der Waals surface area contributed by atoms with Gasteiger partial charge in [-0.25, -0.2) is 14.2 Å². The first-order chi connectivity index (χ1) is 14.0. The molecule has 0 saturated heterocycles. The van der Waals surface area contributed by atoms with Crippen LogP contribution in [0.5, 0.6) is 5.75 Å². The number of azide groups is 1. The molecule has 1 aromatic heterocycles. The molecule has 0 saturated carbocycles. The average Bonchev–Trinajstić information content (AvgIpc) is 2.74. The summed E-state index contributed by atoms with van der Waals surface area (Å²) in [7, 11) is 2.59. The number of rotatable bonds is 5. The molecule has 1 heterocycles. The van der Waals surface area contributed by atoms with E-state index in [4.69, 9.17) is 15.0 Å². The number of nitrogens with zero attached hydrogens (tertiary/aromatic N) is 4. The van der Waals surface area contributed by atoms with Crippen LogP contribution in [0.3, 0.4) is 0 Å². The molecule has 0 aliphatic heterocycles. The number of esters is 1. The summed E-state index contributed by atoms with van der Waals surface area (Å²) in [6.07, 6.45) is 0. The Balaban J connectivity index is 2.31. The summed E-state index contributed by atoms with van der Waals surface area (Å²) in [5.74, 6) is -1.17. The zero-order chi connectivity index (χ0) is 21.0. The van der Waals surface area contributed by atoms with E-state index in [0.717, 1.165) is 5.56 Å². The number of halogens is 1. The van der Waals surface area contributed by atoms with Crippen molar-refractivity contribution in [2.24, 2.45) is 5.11 Å². The van der Waals surface area contributed by atoms with Gasteiger partial charge in [-0.15, -0.1) is 0 Å². The summed E-state index contributed by atoms with van der Waals surface area (Å²) < 4.78 is 24.0. The van der Waals surface area contributed by atoms with Crippen LogP contribution in [0.2, 0.25) is 0 Å². The molecule has 0 unspecified atom stereocenters. The predicted octanol–water partition coefficient (Wildman–Crippen LogP) is 5.60. The van der Waals surface area contributed by atoms with Gasteiger partial charge in [0.25, 0.3) is 0 Å². The number of benzene rings is 2. The summed E-state index contributed by atoms with van der Waals surface area (Å²) >= 11 is 0. The molecular formula is C21H17FN4O3. The van der Waals surface area contributed by atoms with Gasteiger partial charge < -0.3 is 9.47 Å². The van der Waals surface area contributed by atoms with Crippen molar-refractivity contribution in [2.45, 2.75) is 6.92 Å². The molecule has 3 rings (SSSR count). The first-order valence-corrected chi connectivity index (χ1v) is 8.58. The van der Waals surface area contributed by atoms with Gasteiger partial charge in [-0.1, -0.05) is 34.9 Å². The molecule has 0 aliphatic rings. The first kappa shape index (κ1) is 19.9. The topological polar surface area (TPSA) is 97.2 Å². The summed E-state index contributed by atoms with van der Waals surface area (Å²) in [4.78, 5) is 19.8. The summed E-state index contributed by atoms with van der Waals surface area (Å²) in [5.41, 5.74) is 11.8. The zero-order valence-corrected chi connectivity index (χ0v) is 16.0. The molecule has 0 radical (unpaired) electrons. The smallest absolute Gasteiger partial charge is 0.338 e. The van der Waals surface area contributed by atoms with Gasteiger partial charge in [0.15, 0.2) is 11.6 Å². The van der Waals surface area contributed by atoms with Gasteiger partial charge in [0.2, 0.25) is 0 Å². The maximum absolute atomic E-state index is 14.2. The minimum atomic E-state index is -0.696. The second-order valence-corrected chi connectivity index (χ2v) is 6.15. The highest BCUT2D eigenvalue weighted by molar-refractivity contribution is 5.99. The van der Waals surface area contributed by atoms with Crippen LogP contribution in [0.4, 0.5) is 10.1 Å². The monoisotopic (exact) mass is 392 g/mol. The van der Waals surface area contributed by atoms with Crippen LogP contribution in [0.15, 0.2) is 53.6 Å². The van der Waals surface area contributed by atoms with Gasteiger partial charge in [0, 0.05) is 16.0 Å². The van der Waals surface area contributed by atoms with Crippen LogP contribution in [0, 0.1) is 12.7 Å². The second kappa shape index (κ2) is 8.41. The molecular weight excluding hydrogens is 375 g/mol. The minimum absolute atomic E-state index is 0.0297. The molecule has 29 heavy (non-hydrogen) atoms. The molecule has 0 N–H and O–H groups in total. The fourth-order valence-electron chi connectivity index (χ4n) is 2.84. The molecule has 2 aromatic carbocycles. The van der Waals surface area contributed by atoms with Crippen molar-refractivity contribution < 1.29 is 18.7 Å². The highest BCUT2D eigenvalue weighted by Gasteiger charge is 2.20. The number of pyridine rings is 1. The van der Waals surface area contributed by atoms with E-state index in [-0.39, 0.29) is 22.7 Å². The molecule has 0 atom stereocenters. The van der Waals surface area contributed by atoms with Crippen molar-refractivity contribution in [2.75, 3.05) is 14.2 Å². The van der Waals surface area contributed by atoms with E-state index in [1.54, 1.807) is 18.2 Å². The number of carbonyl (C=O) groups is 1. The van der Waals surface area contributed by atoms with Gasteiger partial charge >= 0.3 is 5.97 Å². The van der Waals surface area contributed by atoms with Crippen LogP contribution in [0.25, 0.3) is 33.0 Å². The van der Waals surface area contributed by atoms with Crippen molar-refractivity contribution in [1.29, 1.82) is 0 Å². The third kappa shape index (κ3) is 4.02. The zero-order valence-electron chi connectivity index (χ0n) is 16.0. The number of hydrogen-bond acceptors (Lipinski definition) is 5. The van der Waals surface area contributed by atoms with E-state index in [0.29, 0.717) is 16.8 Å². The molecule has 146 valence electrons. The number of methoxy groups -OCH3 is 2. The Labute approximate surface area is 166 Å². The lowest BCUT2D eigenvalue weighted by atomic mass is 10.0. The fourth-order valence-corrected chi connectivity index (χ4v) is 2.84. The third-order valence-corrected chi connectivity index (χ3v) is 4.32. The Bertz CT molecular complexity index is 1120. The number of aromatic nitrogens is 1. The van der Waals surface area contributed by atoms with E-state index in [2.05, 4.69) is 15.0 Å². The minimum Gasteiger partial charge on any atom is -0.494 e. The van der Waals surface area contributed by atoms with E-state index in [1.165, 1.54) is 32.4 Å². The van der Waals surface area contributed by atoms with Crippen LogP contribution in [0.1, 0.15) is 15.9 Å². The second-order valence-electron chi connectivity index (χ2n) is 6.15. The largest absolute Gasteiger partial charge is 0.494 e. The van der Waals surface area contributed by atoms with Crippen LogP contribution in [-0.2, 0) is 4.74 Å². The Hall–Kier alpha value is -3.90. The molecule has 0 bridgehead atoms. The van der Waals surface area contributed by atoms with Gasteiger partial charge in [-0.2, -0.15) is 0 Å². The first-order valence-electron chi connectivity index (χ1n) is 8.58. The summed E-state index contributed by atoms with van der Waals surface area (Å²) in [5, 5.41) is 3.68. The number of aryl methyl sites for hydroxylation is 1. The molecule has 0 spiro atoms. The summed E-state index contributed by atoms with van der Waals surface area (Å²) in [6, 6.07) is 13.1. The Morgan fingerprint density at radius 1 is 1.10 bits per heavy atom. The standard InChI is InChI=1S/C21H17FN4O3/c1-12-4-6-13(7-5-12)19-20(25-26-23)15(21(27)29-3)11-17(24-19)14-8-9-18(28-2)16(22)10-14/h4-11H,1-3H3. The van der Waals surface area contributed by atoms with Crippen LogP contribution in [-0.4, -0.2) is 25.2 Å². The number of ether oxygens (including phenoxy) is 2. The highest BCUT2D eigenvalue weighted by Crippen LogP contribution is 2.36. The van der Waals surface area contributed by atoms with E-state index < -0.39 is 11.8 Å². The molecule has 0 amide bonds. The number of hydrogen-bond donors (Lipinski definition) is 0. The molecule has 0 aliphatic carbocycles. The maximum Gasteiger partial charge on any atom is 0.338 e. The number of carbonyl (C=O) groups excluding carboxylic acids is 1. The van der Waals surface area contributed by atoms with Gasteiger partial charge in [0.1, 0.15) is 0 Å². The Morgan fingerprint density at radius 2 is 1.79 bits per heavy atom. The Kier molecular flexibility index (Phi) is 5.76. The highest BCUT2D eigenvalue weighted by atomic mass is 19.1. The third-order valence-electron chi connectivity index (χ3n) is 4.32. The van der Waals surface area contributed by atoms with Crippen LogP contribution < -0.4 is 4.74 Å². The van der Waals surface area contributed by atoms with E-state index in [1.807, 2.05) is 19.1 Å². The van der Waals surface area contributed by atoms with Gasteiger partial charge in [-0.05, 0) is 36.7 Å². The Morgan fingerprint density at radius 3 is 2.38 bits per heavy atom. The summed E-state index contributed by atoms with van der Waals surface area (Å²) in [6.45, 7) is 1.93. The van der Waals surface area contributed by atoms with Gasteiger partial charge in [0.05, 0.1) is 36.9 Å². The molecule has 8 heteroatoms. The molecule has 7 nitrogen and oxygen atoms in total. The maximum atomic E-state index is 14.2. The SMILES string of the molecule is COC(=O)c1cc(-c2ccc(OC)c(F)c2)nc(-c2ccc(C)cc2)c1N=[N+]=[N-]. The van der Waals surface area contributed by atoms with Crippen molar-refractivity contribution >= 4 is 11.7 Å². The lowest BCUT2D eigenvalue weighted by Crippen LogP contribution is -2.05. The van der Waals surface area contributed by atoms with Gasteiger partial charge in [-0.3, -0.25) is 0 Å².